The quantitative estimate of drug-likeness (QED) is 0.671. The van der Waals surface area contributed by atoms with Gasteiger partial charge in [0, 0.05) is 29.6 Å². The zero-order valence-electron chi connectivity index (χ0n) is 16.3. The van der Waals surface area contributed by atoms with E-state index in [4.69, 9.17) is 17.3 Å². The Balaban J connectivity index is 1.72. The summed E-state index contributed by atoms with van der Waals surface area (Å²) in [7, 11) is 0. The van der Waals surface area contributed by atoms with Gasteiger partial charge in [0.1, 0.15) is 0 Å². The number of hydrogen-bond acceptors (Lipinski definition) is 4. The highest BCUT2D eigenvalue weighted by molar-refractivity contribution is 6.33. The molecule has 29 heavy (non-hydrogen) atoms. The van der Waals surface area contributed by atoms with Gasteiger partial charge in [-0.15, -0.1) is 0 Å². The van der Waals surface area contributed by atoms with Crippen molar-refractivity contribution >= 4 is 17.5 Å². The van der Waals surface area contributed by atoms with Crippen LogP contribution in [0.5, 0.6) is 0 Å². The number of nitrogens with two attached hydrogens (primary N) is 1. The van der Waals surface area contributed by atoms with E-state index in [9.17, 15) is 4.79 Å². The topological polar surface area (TPSA) is 71.2 Å². The molecule has 1 aliphatic heterocycles. The van der Waals surface area contributed by atoms with Crippen LogP contribution in [0.2, 0.25) is 5.02 Å². The predicted molar refractivity (Wildman–Crippen MR) is 118 cm³/mol. The Bertz CT molecular complexity index is 944. The summed E-state index contributed by atoms with van der Waals surface area (Å²) >= 11 is 6.49. The van der Waals surface area contributed by atoms with Crippen molar-refractivity contribution in [2.24, 2.45) is 5.73 Å². The number of carbonyl (C=O) groups excluding carboxylic acids is 1. The lowest BCUT2D eigenvalue weighted by Gasteiger charge is -2.15. The standard InChI is InChI=1S/C23H25ClN4O/c1-3-6-21(16(2)25)27-23(29)19-9-7-18(8-10-19)22-20(24)13-17(14-26-22)15-28-11-4-5-12-28/h3,6-10,13-14H,1-2,4-5,11-12,15,25H2,(H,27,29)/b21-6+. The van der Waals surface area contributed by atoms with Crippen LogP contribution < -0.4 is 11.1 Å². The van der Waals surface area contributed by atoms with E-state index < -0.39 is 0 Å². The normalized spacial score (nSPS) is 14.6. The van der Waals surface area contributed by atoms with Crippen LogP contribution in [0, 0.1) is 0 Å². The molecule has 150 valence electrons. The molecule has 0 saturated carbocycles. The number of rotatable bonds is 7. The first-order valence-electron chi connectivity index (χ1n) is 9.54. The van der Waals surface area contributed by atoms with Gasteiger partial charge in [-0.1, -0.05) is 43.0 Å². The molecule has 0 atom stereocenters. The number of amides is 1. The third-order valence-electron chi connectivity index (χ3n) is 4.80. The summed E-state index contributed by atoms with van der Waals surface area (Å²) in [6, 6.07) is 9.09. The van der Waals surface area contributed by atoms with Crippen LogP contribution in [0.3, 0.4) is 0 Å². The molecular formula is C23H25ClN4O. The van der Waals surface area contributed by atoms with Crippen LogP contribution in [0.25, 0.3) is 11.3 Å². The van der Waals surface area contributed by atoms with Gasteiger partial charge >= 0.3 is 0 Å². The molecule has 1 fully saturated rings. The lowest BCUT2D eigenvalue weighted by molar-refractivity contribution is 0.0966. The fourth-order valence-electron chi connectivity index (χ4n) is 3.30. The van der Waals surface area contributed by atoms with E-state index in [1.165, 1.54) is 18.9 Å². The van der Waals surface area contributed by atoms with E-state index in [0.717, 1.165) is 30.8 Å². The molecule has 5 nitrogen and oxygen atoms in total. The van der Waals surface area contributed by atoms with Crippen LogP contribution >= 0.6 is 11.6 Å². The molecule has 0 unspecified atom stereocenters. The van der Waals surface area contributed by atoms with Crippen molar-refractivity contribution in [3.63, 3.8) is 0 Å². The Hall–Kier alpha value is -2.89. The zero-order valence-corrected chi connectivity index (χ0v) is 17.1. The highest BCUT2D eigenvalue weighted by atomic mass is 35.5. The first kappa shape index (κ1) is 20.8. The van der Waals surface area contributed by atoms with Crippen molar-refractivity contribution in [1.29, 1.82) is 0 Å². The van der Waals surface area contributed by atoms with Crippen LogP contribution in [-0.4, -0.2) is 28.9 Å². The average Bonchev–Trinajstić information content (AvgIpc) is 3.21. The number of pyridine rings is 1. The molecule has 1 aromatic carbocycles. The molecule has 2 heterocycles. The molecule has 0 bridgehead atoms. The Morgan fingerprint density at radius 2 is 1.97 bits per heavy atom. The van der Waals surface area contributed by atoms with Gasteiger partial charge in [0.05, 0.1) is 16.4 Å². The van der Waals surface area contributed by atoms with E-state index >= 15 is 0 Å². The minimum absolute atomic E-state index is 0.264. The van der Waals surface area contributed by atoms with Crippen molar-refractivity contribution in [2.75, 3.05) is 13.1 Å². The number of aromatic nitrogens is 1. The van der Waals surface area contributed by atoms with Crippen molar-refractivity contribution in [1.82, 2.24) is 15.2 Å². The lowest BCUT2D eigenvalue weighted by Crippen LogP contribution is -2.25. The SMILES string of the molecule is C=C/C=C(/NC(=O)c1ccc(-c2ncc(CN3CCCC3)cc2Cl)cc1)C(=C)N. The fourth-order valence-corrected chi connectivity index (χ4v) is 3.59. The summed E-state index contributed by atoms with van der Waals surface area (Å²) in [6.45, 7) is 10.4. The molecule has 1 saturated heterocycles. The van der Waals surface area contributed by atoms with Crippen LogP contribution in [0.15, 0.2) is 73.2 Å². The Kier molecular flexibility index (Phi) is 6.86. The Morgan fingerprint density at radius 3 is 2.55 bits per heavy atom. The maximum Gasteiger partial charge on any atom is 0.255 e. The fraction of sp³-hybridized carbons (Fsp3) is 0.217. The second kappa shape index (κ2) is 9.54. The molecule has 0 spiro atoms. The number of carbonyl (C=O) groups is 1. The Labute approximate surface area is 176 Å². The van der Waals surface area contributed by atoms with E-state index in [2.05, 4.69) is 28.4 Å². The number of likely N-dealkylation sites (tertiary alicyclic amines) is 1. The molecular weight excluding hydrogens is 384 g/mol. The second-order valence-corrected chi connectivity index (χ2v) is 7.44. The first-order chi connectivity index (χ1) is 14.0. The lowest BCUT2D eigenvalue weighted by atomic mass is 10.1. The van der Waals surface area contributed by atoms with E-state index in [0.29, 0.717) is 22.0 Å². The summed E-state index contributed by atoms with van der Waals surface area (Å²) < 4.78 is 0. The predicted octanol–water partition coefficient (Wildman–Crippen LogP) is 4.27. The van der Waals surface area contributed by atoms with Gasteiger partial charge in [-0.3, -0.25) is 14.7 Å². The second-order valence-electron chi connectivity index (χ2n) is 7.03. The van der Waals surface area contributed by atoms with Crippen molar-refractivity contribution < 1.29 is 4.79 Å². The number of halogens is 1. The maximum absolute atomic E-state index is 12.4. The van der Waals surface area contributed by atoms with Crippen LogP contribution in [0.4, 0.5) is 0 Å². The van der Waals surface area contributed by atoms with Crippen molar-refractivity contribution in [3.8, 4) is 11.3 Å². The zero-order chi connectivity index (χ0) is 20.8. The molecule has 2 aromatic rings. The van der Waals surface area contributed by atoms with Gasteiger partial charge in [0.25, 0.3) is 5.91 Å². The first-order valence-corrected chi connectivity index (χ1v) is 9.91. The summed E-state index contributed by atoms with van der Waals surface area (Å²) in [6.07, 6.45) is 7.52. The Morgan fingerprint density at radius 1 is 1.28 bits per heavy atom. The molecule has 0 radical (unpaired) electrons. The highest BCUT2D eigenvalue weighted by Crippen LogP contribution is 2.27. The monoisotopic (exact) mass is 408 g/mol. The summed E-state index contributed by atoms with van der Waals surface area (Å²) in [5.41, 5.74) is 9.52. The molecule has 3 rings (SSSR count). The van der Waals surface area contributed by atoms with E-state index in [-0.39, 0.29) is 11.6 Å². The van der Waals surface area contributed by atoms with Gasteiger partial charge in [-0.2, -0.15) is 0 Å². The molecule has 6 heteroatoms. The molecule has 0 aliphatic carbocycles. The summed E-state index contributed by atoms with van der Waals surface area (Å²) in [5.74, 6) is -0.281. The van der Waals surface area contributed by atoms with Gasteiger partial charge in [-0.05, 0) is 55.8 Å². The summed E-state index contributed by atoms with van der Waals surface area (Å²) in [4.78, 5) is 19.4. The summed E-state index contributed by atoms with van der Waals surface area (Å²) in [5, 5.41) is 3.33. The maximum atomic E-state index is 12.4. The van der Waals surface area contributed by atoms with Crippen LogP contribution in [-0.2, 0) is 6.54 Å². The van der Waals surface area contributed by atoms with Gasteiger partial charge in [0.2, 0.25) is 0 Å². The van der Waals surface area contributed by atoms with E-state index in [1.54, 1.807) is 18.2 Å². The third kappa shape index (κ3) is 5.34. The van der Waals surface area contributed by atoms with E-state index in [1.807, 2.05) is 24.4 Å². The molecule has 3 N–H and O–H groups in total. The highest BCUT2D eigenvalue weighted by Gasteiger charge is 2.14. The van der Waals surface area contributed by atoms with Crippen molar-refractivity contribution in [2.45, 2.75) is 19.4 Å². The minimum Gasteiger partial charge on any atom is -0.398 e. The van der Waals surface area contributed by atoms with Gasteiger partial charge < -0.3 is 11.1 Å². The largest absolute Gasteiger partial charge is 0.398 e. The van der Waals surface area contributed by atoms with Gasteiger partial charge in [-0.25, -0.2) is 0 Å². The average molecular weight is 409 g/mol. The smallest absolute Gasteiger partial charge is 0.255 e. The number of hydrogen-bond donors (Lipinski definition) is 2. The number of allylic oxidation sites excluding steroid dienone is 2. The molecule has 1 aromatic heterocycles. The van der Waals surface area contributed by atoms with Crippen LogP contribution in [0.1, 0.15) is 28.8 Å². The number of benzene rings is 1. The minimum atomic E-state index is -0.281. The molecule has 1 amide bonds. The van der Waals surface area contributed by atoms with Crippen molar-refractivity contribution in [3.05, 3.63) is 89.4 Å². The number of nitrogens with zero attached hydrogens (tertiary/aromatic N) is 2. The third-order valence-corrected chi connectivity index (χ3v) is 5.09. The van der Waals surface area contributed by atoms with Gasteiger partial charge in [0.15, 0.2) is 0 Å². The number of nitrogens with one attached hydrogen (secondary N) is 1. The molecule has 1 aliphatic rings.